The summed E-state index contributed by atoms with van der Waals surface area (Å²) in [5.41, 5.74) is 0. The quantitative estimate of drug-likeness (QED) is 0.889. The van der Waals surface area contributed by atoms with E-state index in [9.17, 15) is 18.4 Å². The molecule has 0 aliphatic heterocycles. The van der Waals surface area contributed by atoms with Gasteiger partial charge in [-0.3, -0.25) is 10.1 Å². The van der Waals surface area contributed by atoms with Gasteiger partial charge in [0.2, 0.25) is 0 Å². The molecule has 20 heavy (non-hydrogen) atoms. The fraction of sp³-hybridized carbons (Fsp3) is 0.385. The molecule has 2 N–H and O–H groups in total. The van der Waals surface area contributed by atoms with E-state index in [1.54, 1.807) is 13.8 Å². The summed E-state index contributed by atoms with van der Waals surface area (Å²) in [6.07, 6.45) is -1.03. The Morgan fingerprint density at radius 1 is 1.15 bits per heavy atom. The Balaban J connectivity index is 2.57. The van der Waals surface area contributed by atoms with E-state index in [4.69, 9.17) is 4.74 Å². The molecule has 1 atom stereocenters. The summed E-state index contributed by atoms with van der Waals surface area (Å²) in [5, 5.41) is 4.55. The van der Waals surface area contributed by atoms with Crippen molar-refractivity contribution in [3.8, 4) is 5.75 Å². The van der Waals surface area contributed by atoms with Crippen LogP contribution in [0.1, 0.15) is 20.8 Å². The number of nitrogens with one attached hydrogen (secondary N) is 2. The lowest BCUT2D eigenvalue weighted by atomic mass is 10.3. The highest BCUT2D eigenvalue weighted by molar-refractivity contribution is 5.96. The van der Waals surface area contributed by atoms with Crippen LogP contribution in [-0.4, -0.2) is 24.1 Å². The van der Waals surface area contributed by atoms with Gasteiger partial charge in [0.15, 0.2) is 17.7 Å². The fourth-order valence-electron chi connectivity index (χ4n) is 1.32. The molecule has 0 spiro atoms. The normalized spacial score (nSPS) is 11.9. The molecule has 1 aromatic rings. The maximum atomic E-state index is 13.0. The number of rotatable bonds is 4. The Hall–Kier alpha value is -2.18. The van der Waals surface area contributed by atoms with Crippen molar-refractivity contribution < 1.29 is 23.1 Å². The Morgan fingerprint density at radius 2 is 1.80 bits per heavy atom. The lowest BCUT2D eigenvalue weighted by Gasteiger charge is -2.15. The summed E-state index contributed by atoms with van der Waals surface area (Å²) >= 11 is 0. The predicted molar refractivity (Wildman–Crippen MR) is 68.3 cm³/mol. The first-order valence-electron chi connectivity index (χ1n) is 6.02. The van der Waals surface area contributed by atoms with E-state index in [0.717, 1.165) is 12.1 Å². The number of carbonyl (C=O) groups excluding carboxylic acids is 2. The summed E-state index contributed by atoms with van der Waals surface area (Å²) in [6.45, 7) is 4.87. The van der Waals surface area contributed by atoms with Crippen LogP contribution < -0.4 is 15.4 Å². The third kappa shape index (κ3) is 4.83. The first kappa shape index (κ1) is 15.9. The van der Waals surface area contributed by atoms with Gasteiger partial charge in [0.05, 0.1) is 0 Å². The monoisotopic (exact) mass is 286 g/mol. The summed E-state index contributed by atoms with van der Waals surface area (Å²) in [7, 11) is 0. The second-order valence-corrected chi connectivity index (χ2v) is 4.45. The molecule has 0 aliphatic carbocycles. The number of ether oxygens (including phenoxy) is 1. The molecular formula is C13H16F2N2O3. The van der Waals surface area contributed by atoms with Crippen LogP contribution in [0.25, 0.3) is 0 Å². The summed E-state index contributed by atoms with van der Waals surface area (Å²) in [6, 6.07) is 2.14. The number of halogens is 2. The zero-order valence-electron chi connectivity index (χ0n) is 11.4. The Morgan fingerprint density at radius 3 is 2.35 bits per heavy atom. The van der Waals surface area contributed by atoms with Crippen LogP contribution in [0.15, 0.2) is 18.2 Å². The molecule has 0 bridgehead atoms. The van der Waals surface area contributed by atoms with Crippen LogP contribution >= 0.6 is 0 Å². The van der Waals surface area contributed by atoms with Gasteiger partial charge in [-0.15, -0.1) is 0 Å². The van der Waals surface area contributed by atoms with Crippen molar-refractivity contribution in [2.75, 3.05) is 0 Å². The van der Waals surface area contributed by atoms with Gasteiger partial charge >= 0.3 is 6.03 Å². The second kappa shape index (κ2) is 6.83. The predicted octanol–water partition coefficient (Wildman–Crippen LogP) is 1.97. The van der Waals surface area contributed by atoms with E-state index in [2.05, 4.69) is 10.6 Å². The van der Waals surface area contributed by atoms with Gasteiger partial charge in [-0.05, 0) is 32.9 Å². The molecule has 0 heterocycles. The van der Waals surface area contributed by atoms with E-state index in [-0.39, 0.29) is 11.8 Å². The molecule has 0 aliphatic rings. The van der Waals surface area contributed by atoms with E-state index in [1.807, 2.05) is 0 Å². The molecule has 0 fully saturated rings. The van der Waals surface area contributed by atoms with Gasteiger partial charge in [0.25, 0.3) is 5.91 Å². The molecule has 110 valence electrons. The van der Waals surface area contributed by atoms with Crippen LogP contribution in [0.2, 0.25) is 0 Å². The SMILES string of the molecule is CC(C)NC(=O)NC(=O)[C@H](C)Oc1ccc(F)c(F)c1. The molecular weight excluding hydrogens is 270 g/mol. The highest BCUT2D eigenvalue weighted by Crippen LogP contribution is 2.16. The molecule has 7 heteroatoms. The third-order valence-electron chi connectivity index (χ3n) is 2.23. The molecule has 3 amide bonds. The zero-order valence-corrected chi connectivity index (χ0v) is 11.4. The number of amides is 3. The smallest absolute Gasteiger partial charge is 0.321 e. The Labute approximate surface area is 115 Å². The fourth-order valence-corrected chi connectivity index (χ4v) is 1.32. The molecule has 1 rings (SSSR count). The van der Waals surface area contributed by atoms with Crippen molar-refractivity contribution in [3.05, 3.63) is 29.8 Å². The topological polar surface area (TPSA) is 67.4 Å². The van der Waals surface area contributed by atoms with Crippen LogP contribution in [0, 0.1) is 11.6 Å². The van der Waals surface area contributed by atoms with Crippen LogP contribution in [0.3, 0.4) is 0 Å². The summed E-state index contributed by atoms with van der Waals surface area (Å²) < 4.78 is 30.8. The number of urea groups is 1. The van der Waals surface area contributed by atoms with Gasteiger partial charge in [-0.25, -0.2) is 13.6 Å². The largest absolute Gasteiger partial charge is 0.481 e. The average Bonchev–Trinajstić information content (AvgIpc) is 2.32. The number of hydrogen-bond acceptors (Lipinski definition) is 3. The van der Waals surface area contributed by atoms with Crippen LogP contribution in [0.4, 0.5) is 13.6 Å². The summed E-state index contributed by atoms with van der Waals surface area (Å²) in [4.78, 5) is 22.9. The van der Waals surface area contributed by atoms with Gasteiger partial charge in [-0.2, -0.15) is 0 Å². The van der Waals surface area contributed by atoms with Crippen molar-refractivity contribution in [2.45, 2.75) is 32.9 Å². The van der Waals surface area contributed by atoms with Crippen LogP contribution in [0.5, 0.6) is 5.75 Å². The number of carbonyl (C=O) groups is 2. The molecule has 5 nitrogen and oxygen atoms in total. The zero-order chi connectivity index (χ0) is 15.3. The number of hydrogen-bond donors (Lipinski definition) is 2. The van der Waals surface area contributed by atoms with Gasteiger partial charge in [0.1, 0.15) is 5.75 Å². The first-order valence-corrected chi connectivity index (χ1v) is 6.02. The van der Waals surface area contributed by atoms with E-state index in [1.165, 1.54) is 13.0 Å². The van der Waals surface area contributed by atoms with Gasteiger partial charge in [-0.1, -0.05) is 0 Å². The highest BCUT2D eigenvalue weighted by atomic mass is 19.2. The van der Waals surface area contributed by atoms with Crippen molar-refractivity contribution in [1.29, 1.82) is 0 Å². The lowest BCUT2D eigenvalue weighted by Crippen LogP contribution is -2.46. The van der Waals surface area contributed by atoms with Gasteiger partial charge in [0, 0.05) is 12.1 Å². The molecule has 0 saturated heterocycles. The maximum absolute atomic E-state index is 13.0. The molecule has 0 saturated carbocycles. The minimum Gasteiger partial charge on any atom is -0.481 e. The van der Waals surface area contributed by atoms with E-state index >= 15 is 0 Å². The second-order valence-electron chi connectivity index (χ2n) is 4.45. The average molecular weight is 286 g/mol. The molecule has 0 aromatic heterocycles. The number of benzene rings is 1. The molecule has 0 unspecified atom stereocenters. The minimum absolute atomic E-state index is 0.00387. The van der Waals surface area contributed by atoms with E-state index < -0.39 is 29.7 Å². The first-order chi connectivity index (χ1) is 9.29. The van der Waals surface area contributed by atoms with Crippen molar-refractivity contribution in [2.24, 2.45) is 0 Å². The Kier molecular flexibility index (Phi) is 5.42. The van der Waals surface area contributed by atoms with E-state index in [0.29, 0.717) is 0 Å². The van der Waals surface area contributed by atoms with Gasteiger partial charge < -0.3 is 10.1 Å². The standard InChI is InChI=1S/C13H16F2N2O3/c1-7(2)16-13(19)17-12(18)8(3)20-9-4-5-10(14)11(15)6-9/h4-8H,1-3H3,(H2,16,17,18,19)/t8-/m0/s1. The van der Waals surface area contributed by atoms with Crippen molar-refractivity contribution in [1.82, 2.24) is 10.6 Å². The molecule has 0 radical (unpaired) electrons. The lowest BCUT2D eigenvalue weighted by molar-refractivity contribution is -0.126. The number of imide groups is 1. The highest BCUT2D eigenvalue weighted by Gasteiger charge is 2.18. The Bertz CT molecular complexity index is 506. The maximum Gasteiger partial charge on any atom is 0.321 e. The van der Waals surface area contributed by atoms with Crippen LogP contribution in [-0.2, 0) is 4.79 Å². The molecule has 1 aromatic carbocycles. The third-order valence-corrected chi connectivity index (χ3v) is 2.23. The minimum atomic E-state index is -1.08. The van der Waals surface area contributed by atoms with Crippen molar-refractivity contribution in [3.63, 3.8) is 0 Å². The van der Waals surface area contributed by atoms with Crippen molar-refractivity contribution >= 4 is 11.9 Å². The summed E-state index contributed by atoms with van der Waals surface area (Å²) in [5.74, 6) is -2.78.